The van der Waals surface area contributed by atoms with Crippen molar-refractivity contribution in [1.29, 1.82) is 0 Å². The van der Waals surface area contributed by atoms with Crippen molar-refractivity contribution in [2.75, 3.05) is 0 Å². The third kappa shape index (κ3) is 8.22. The summed E-state index contributed by atoms with van der Waals surface area (Å²) >= 11 is 0. The van der Waals surface area contributed by atoms with E-state index in [0.29, 0.717) is 58.5 Å². The van der Waals surface area contributed by atoms with E-state index < -0.39 is 24.5 Å². The zero-order valence-corrected chi connectivity index (χ0v) is 33.6. The van der Waals surface area contributed by atoms with Crippen LogP contribution in [0.15, 0.2) is 108 Å². The van der Waals surface area contributed by atoms with Crippen molar-refractivity contribution in [1.82, 2.24) is 15.0 Å². The maximum Gasteiger partial charge on any atom is 0.216 e. The van der Waals surface area contributed by atoms with Crippen LogP contribution in [-0.4, -0.2) is 15.0 Å². The van der Waals surface area contributed by atoms with Gasteiger partial charge in [-0.2, -0.15) is 0 Å². The van der Waals surface area contributed by atoms with Crippen LogP contribution < -0.4 is 0 Å². The molecule has 0 N–H and O–H groups in total. The van der Waals surface area contributed by atoms with Gasteiger partial charge in [0.15, 0.2) is 0 Å². The molecule has 0 spiro atoms. The smallest absolute Gasteiger partial charge is 0.216 e. The van der Waals surface area contributed by atoms with Crippen LogP contribution in [0.1, 0.15) is 109 Å². The maximum atomic E-state index is 9.53. The molecule has 0 saturated heterocycles. The fraction of sp³-hybridized carbons (Fsp3) is 0.312. The van der Waals surface area contributed by atoms with Gasteiger partial charge in [-0.3, -0.25) is 0 Å². The van der Waals surface area contributed by atoms with Crippen LogP contribution in [0, 0.1) is 30.8 Å². The van der Waals surface area contributed by atoms with Gasteiger partial charge in [-0.15, -0.1) is 54.1 Å². The van der Waals surface area contributed by atoms with Gasteiger partial charge < -0.3 is 14.4 Å². The Hall–Kier alpha value is -4.44. The molecule has 1 fully saturated rings. The first-order chi connectivity index (χ1) is 27.3. The number of furan rings is 1. The third-order valence-electron chi connectivity index (χ3n) is 9.88. The summed E-state index contributed by atoms with van der Waals surface area (Å²) in [5.74, 6) is -2.27. The Morgan fingerprint density at radius 2 is 1.53 bits per heavy atom. The van der Waals surface area contributed by atoms with E-state index in [1.165, 1.54) is 6.20 Å². The van der Waals surface area contributed by atoms with Crippen molar-refractivity contribution in [3.05, 3.63) is 138 Å². The number of aryl methyl sites for hydroxylation is 1. The SMILES string of the molecule is [2H]C([2H])([2H])c1cnc(-c2[c-]ccc3c2oc2nc(-c4c(C([2H])(C)C)cccc4C([2H])(C)C)ccc23)cc1C1([2H])CC(C)CC(C)C1.[Ir].[c-]1ccccc1-c1ccccn1. The zero-order chi connectivity index (χ0) is 41.6. The summed E-state index contributed by atoms with van der Waals surface area (Å²) in [4.78, 5) is 13.8. The average molecular weight is 882 g/mol. The fourth-order valence-corrected chi connectivity index (χ4v) is 7.57. The summed E-state index contributed by atoms with van der Waals surface area (Å²) < 4.78 is 58.4. The van der Waals surface area contributed by atoms with E-state index >= 15 is 0 Å². The molecule has 0 aliphatic heterocycles. The number of nitrogens with zero attached hydrogens (tertiary/aromatic N) is 3. The summed E-state index contributed by atoms with van der Waals surface area (Å²) in [6.07, 6.45) is 5.39. The van der Waals surface area contributed by atoms with Crippen LogP contribution in [0.2, 0.25) is 0 Å². The largest absolute Gasteiger partial charge is 0.486 e. The summed E-state index contributed by atoms with van der Waals surface area (Å²) in [5, 5.41) is 1.62. The Balaban J connectivity index is 0.000000384. The number of hydrogen-bond acceptors (Lipinski definition) is 4. The van der Waals surface area contributed by atoms with Gasteiger partial charge in [-0.25, -0.2) is 4.98 Å². The van der Waals surface area contributed by atoms with E-state index in [1.807, 2.05) is 107 Å². The molecular formula is C48H49IrN3O-2. The molecule has 4 heterocycles. The molecule has 0 amide bonds. The molecule has 0 bridgehead atoms. The second kappa shape index (κ2) is 16.7. The molecule has 2 unspecified atom stereocenters. The maximum absolute atomic E-state index is 9.53. The van der Waals surface area contributed by atoms with Crippen molar-refractivity contribution in [3.63, 3.8) is 0 Å². The Morgan fingerprint density at radius 1 is 0.774 bits per heavy atom. The average Bonchev–Trinajstić information content (AvgIpc) is 3.55. The number of hydrogen-bond donors (Lipinski definition) is 0. The Morgan fingerprint density at radius 3 is 2.19 bits per heavy atom. The van der Waals surface area contributed by atoms with Crippen LogP contribution in [0.25, 0.3) is 55.8 Å². The van der Waals surface area contributed by atoms with Crippen LogP contribution in [0.4, 0.5) is 0 Å². The molecule has 273 valence electrons. The van der Waals surface area contributed by atoms with E-state index in [-0.39, 0.29) is 25.7 Å². The minimum absolute atomic E-state index is 0. The van der Waals surface area contributed by atoms with Gasteiger partial charge >= 0.3 is 0 Å². The second-order valence-electron chi connectivity index (χ2n) is 14.5. The summed E-state index contributed by atoms with van der Waals surface area (Å²) in [6, 6.07) is 35.2. The Kier molecular flexibility index (Phi) is 9.76. The second-order valence-corrected chi connectivity index (χ2v) is 14.5. The van der Waals surface area contributed by atoms with Crippen LogP contribution >= 0.6 is 0 Å². The summed E-state index contributed by atoms with van der Waals surface area (Å²) in [5.41, 5.74) is 7.61. The molecule has 5 heteroatoms. The first kappa shape index (κ1) is 31.0. The van der Waals surface area contributed by atoms with Crippen LogP contribution in [0.3, 0.4) is 0 Å². The molecule has 1 aliphatic rings. The molecular weight excluding hydrogens is 827 g/mol. The van der Waals surface area contributed by atoms with Gasteiger partial charge in [0.05, 0.1) is 11.3 Å². The minimum atomic E-state index is -2.40. The summed E-state index contributed by atoms with van der Waals surface area (Å²) in [6.45, 7) is 9.22. The van der Waals surface area contributed by atoms with Gasteiger partial charge in [0.2, 0.25) is 5.71 Å². The first-order valence-corrected chi connectivity index (χ1v) is 18.1. The number of benzene rings is 3. The monoisotopic (exact) mass is 882 g/mol. The summed E-state index contributed by atoms with van der Waals surface area (Å²) in [7, 11) is 0. The number of aromatic nitrogens is 3. The van der Waals surface area contributed by atoms with Crippen LogP contribution in [0.5, 0.6) is 0 Å². The third-order valence-corrected chi connectivity index (χ3v) is 9.88. The van der Waals surface area contributed by atoms with Gasteiger partial charge in [-0.05, 0) is 107 Å². The predicted molar refractivity (Wildman–Crippen MR) is 215 cm³/mol. The first-order valence-electron chi connectivity index (χ1n) is 21.1. The van der Waals surface area contributed by atoms with Crippen molar-refractivity contribution in [3.8, 4) is 33.8 Å². The predicted octanol–water partition coefficient (Wildman–Crippen LogP) is 13.2. The van der Waals surface area contributed by atoms with E-state index in [1.54, 1.807) is 18.3 Å². The quantitative estimate of drug-likeness (QED) is 0.156. The van der Waals surface area contributed by atoms with E-state index in [4.69, 9.17) is 16.3 Å². The van der Waals surface area contributed by atoms with E-state index in [9.17, 15) is 1.37 Å². The number of fused-ring (bicyclic) bond motifs is 3. The van der Waals surface area contributed by atoms with Gasteiger partial charge in [0.25, 0.3) is 0 Å². The molecule has 4 nitrogen and oxygen atoms in total. The molecule has 2 atom stereocenters. The molecule has 1 aliphatic carbocycles. The number of rotatable bonds is 6. The van der Waals surface area contributed by atoms with Crippen molar-refractivity contribution < 1.29 is 32.7 Å². The molecule has 7 aromatic rings. The van der Waals surface area contributed by atoms with Gasteiger partial charge in [0.1, 0.15) is 0 Å². The van der Waals surface area contributed by atoms with Crippen molar-refractivity contribution >= 4 is 22.1 Å². The molecule has 53 heavy (non-hydrogen) atoms. The Bertz CT molecular complexity index is 2480. The standard InChI is InChI=1S/C37H41N2O.C11H8N.Ir/c1-21(2)27-10-8-11-28(22(3)4)35(27)33-15-14-30-29-12-9-13-31(36(29)40-37(30)39-33)34-19-32(25(7)20-38-34)26-17-23(5)16-24(6)18-26;1-2-6-10(7-3-1)11-8-4-5-9-12-11;/h8-12,14-15,19-24,26H,16-18H2,1-7H3;1-6,8-9H;/q2*-1;/i7D3,21D,22D,26D;;. The van der Waals surface area contributed by atoms with Crippen molar-refractivity contribution in [2.45, 2.75) is 85.3 Å². The van der Waals surface area contributed by atoms with E-state index in [0.717, 1.165) is 45.1 Å². The van der Waals surface area contributed by atoms with E-state index in [2.05, 4.69) is 35.9 Å². The normalized spacial score (nSPS) is 20.8. The Labute approximate surface area is 337 Å². The van der Waals surface area contributed by atoms with Gasteiger partial charge in [0, 0.05) is 51.7 Å². The minimum Gasteiger partial charge on any atom is -0.486 e. The molecule has 8 rings (SSSR count). The molecule has 4 aromatic heterocycles. The fourth-order valence-electron chi connectivity index (χ4n) is 7.57. The molecule has 3 aromatic carbocycles. The number of pyridine rings is 3. The van der Waals surface area contributed by atoms with Crippen molar-refractivity contribution in [2.24, 2.45) is 11.8 Å². The molecule has 1 radical (unpaired) electrons. The van der Waals surface area contributed by atoms with Crippen LogP contribution in [-0.2, 0) is 20.1 Å². The molecule has 1 saturated carbocycles. The zero-order valence-electron chi connectivity index (χ0n) is 37.2. The van der Waals surface area contributed by atoms with Gasteiger partial charge in [-0.1, -0.05) is 88.9 Å². The topological polar surface area (TPSA) is 51.8 Å².